The molecule has 4 atom stereocenters. The molecule has 0 radical (unpaired) electrons. The van der Waals surface area contributed by atoms with Crippen LogP contribution in [-0.4, -0.2) is 85.6 Å². The molecule has 0 bridgehead atoms. The summed E-state index contributed by atoms with van der Waals surface area (Å²) in [5, 5.41) is 12.6. The van der Waals surface area contributed by atoms with E-state index >= 15 is 0 Å². The Kier molecular flexibility index (Phi) is 4.75. The maximum Gasteiger partial charge on any atom is 0.267 e. The number of carbonyl (C=O) groups excluding carboxylic acids is 1. The van der Waals surface area contributed by atoms with Crippen molar-refractivity contribution in [3.63, 3.8) is 0 Å². The summed E-state index contributed by atoms with van der Waals surface area (Å²) in [4.78, 5) is 18.1. The summed E-state index contributed by atoms with van der Waals surface area (Å²) in [6.45, 7) is 5.78. The zero-order chi connectivity index (χ0) is 18.4. The van der Waals surface area contributed by atoms with Crippen molar-refractivity contribution in [1.82, 2.24) is 9.80 Å². The first-order valence-corrected chi connectivity index (χ1v) is 10.7. The van der Waals surface area contributed by atoms with Crippen LogP contribution < -0.4 is 9.47 Å². The van der Waals surface area contributed by atoms with Gasteiger partial charge in [-0.3, -0.25) is 9.69 Å². The van der Waals surface area contributed by atoms with E-state index in [9.17, 15) is 9.90 Å². The molecule has 8 heteroatoms. The number of likely N-dealkylation sites (tertiary alicyclic amines) is 1. The van der Waals surface area contributed by atoms with E-state index in [4.69, 9.17) is 14.2 Å². The number of nitrogens with zero attached hydrogens (tertiary/aromatic N) is 2. The van der Waals surface area contributed by atoms with Crippen molar-refractivity contribution in [2.24, 2.45) is 11.8 Å². The second kappa shape index (κ2) is 7.24. The third kappa shape index (κ3) is 3.22. The van der Waals surface area contributed by atoms with Crippen molar-refractivity contribution < 1.29 is 24.1 Å². The fraction of sp³-hybridized carbons (Fsp3) is 0.737. The Labute approximate surface area is 162 Å². The Morgan fingerprint density at radius 1 is 1.07 bits per heavy atom. The van der Waals surface area contributed by atoms with Crippen LogP contribution in [0.15, 0.2) is 5.38 Å². The number of morpholine rings is 1. The lowest BCUT2D eigenvalue weighted by atomic mass is 9.77. The molecule has 1 N–H and O–H groups in total. The van der Waals surface area contributed by atoms with Gasteiger partial charge in [0.2, 0.25) is 0 Å². The summed E-state index contributed by atoms with van der Waals surface area (Å²) >= 11 is 1.40. The third-order valence-electron chi connectivity index (χ3n) is 6.41. The molecule has 5 rings (SSSR count). The smallest absolute Gasteiger partial charge is 0.267 e. The first kappa shape index (κ1) is 17.7. The Balaban J connectivity index is 1.28. The highest BCUT2D eigenvalue weighted by Gasteiger charge is 2.45. The van der Waals surface area contributed by atoms with E-state index in [1.807, 2.05) is 10.3 Å². The minimum absolute atomic E-state index is 0.0403. The highest BCUT2D eigenvalue weighted by atomic mass is 32.1. The van der Waals surface area contributed by atoms with Crippen LogP contribution in [0.1, 0.15) is 22.5 Å². The molecule has 148 valence electrons. The van der Waals surface area contributed by atoms with Gasteiger partial charge >= 0.3 is 0 Å². The molecule has 1 aromatic heterocycles. The number of ether oxygens (including phenoxy) is 3. The molecule has 7 nitrogen and oxygen atoms in total. The number of hydrogen-bond donors (Lipinski definition) is 1. The van der Waals surface area contributed by atoms with Gasteiger partial charge in [-0.15, -0.1) is 11.3 Å². The fourth-order valence-corrected chi connectivity index (χ4v) is 5.93. The van der Waals surface area contributed by atoms with E-state index in [2.05, 4.69) is 4.90 Å². The molecule has 0 spiro atoms. The number of hydrogen-bond acceptors (Lipinski definition) is 7. The fourth-order valence-electron chi connectivity index (χ4n) is 5.03. The van der Waals surface area contributed by atoms with Crippen molar-refractivity contribution in [1.29, 1.82) is 0 Å². The van der Waals surface area contributed by atoms with Crippen LogP contribution in [0.2, 0.25) is 0 Å². The summed E-state index contributed by atoms with van der Waals surface area (Å²) in [6.07, 6.45) is 1.42. The zero-order valence-electron chi connectivity index (χ0n) is 15.3. The lowest BCUT2D eigenvalue weighted by Crippen LogP contribution is -2.53. The Bertz CT molecular complexity index is 704. The highest BCUT2D eigenvalue weighted by molar-refractivity contribution is 7.12. The molecule has 0 aromatic carbocycles. The molecule has 2 saturated heterocycles. The van der Waals surface area contributed by atoms with E-state index in [0.29, 0.717) is 41.4 Å². The summed E-state index contributed by atoms with van der Waals surface area (Å²) in [5.74, 6) is 2.18. The van der Waals surface area contributed by atoms with Crippen molar-refractivity contribution in [3.8, 4) is 11.5 Å². The van der Waals surface area contributed by atoms with Gasteiger partial charge in [0.05, 0.1) is 19.3 Å². The van der Waals surface area contributed by atoms with Crippen molar-refractivity contribution in [2.45, 2.75) is 25.0 Å². The number of aliphatic hydroxyl groups excluding tert-OH is 1. The molecular formula is C19H26N2O5S. The highest BCUT2D eigenvalue weighted by Crippen LogP contribution is 2.43. The number of thiophene rings is 1. The molecule has 3 fully saturated rings. The van der Waals surface area contributed by atoms with E-state index in [0.717, 1.165) is 52.2 Å². The lowest BCUT2D eigenvalue weighted by molar-refractivity contribution is -0.0520. The number of aliphatic hydroxyl groups is 1. The standard InChI is InChI=1S/C19H26N2O5S/c22-15-8-13-10-21(9-12(13)7-14(15)20-1-3-24-4-2-20)19(23)18-17-16(11-27-18)25-5-6-26-17/h11-15,22H,1-10H2/t12-,13+,14-,15-/m1/s1. The summed E-state index contributed by atoms with van der Waals surface area (Å²) in [7, 11) is 0. The zero-order valence-corrected chi connectivity index (χ0v) is 16.2. The molecule has 3 aliphatic heterocycles. The van der Waals surface area contributed by atoms with Crippen LogP contribution in [0.5, 0.6) is 11.5 Å². The van der Waals surface area contributed by atoms with Gasteiger partial charge in [0.15, 0.2) is 11.5 Å². The van der Waals surface area contributed by atoms with Crippen molar-refractivity contribution in [3.05, 3.63) is 10.3 Å². The average molecular weight is 394 g/mol. The number of carbonyl (C=O) groups is 1. The Morgan fingerprint density at radius 2 is 1.81 bits per heavy atom. The lowest BCUT2D eigenvalue weighted by Gasteiger charge is -2.43. The maximum absolute atomic E-state index is 13.1. The second-order valence-corrected chi connectivity index (χ2v) is 8.82. The molecule has 0 unspecified atom stereocenters. The normalized spacial score (nSPS) is 33.7. The van der Waals surface area contributed by atoms with Crippen LogP contribution in [-0.2, 0) is 4.74 Å². The van der Waals surface area contributed by atoms with Crippen molar-refractivity contribution >= 4 is 17.2 Å². The molecule has 1 aromatic rings. The quantitative estimate of drug-likeness (QED) is 0.809. The van der Waals surface area contributed by atoms with Gasteiger partial charge in [-0.05, 0) is 24.7 Å². The summed E-state index contributed by atoms with van der Waals surface area (Å²) in [6, 6.07) is 0.191. The maximum atomic E-state index is 13.1. The molecule has 1 amide bonds. The van der Waals surface area contributed by atoms with Gasteiger partial charge < -0.3 is 24.2 Å². The second-order valence-electron chi connectivity index (χ2n) is 7.94. The predicted molar refractivity (Wildman–Crippen MR) is 99.6 cm³/mol. The minimum atomic E-state index is -0.314. The van der Waals surface area contributed by atoms with E-state index in [-0.39, 0.29) is 18.1 Å². The molecule has 27 heavy (non-hydrogen) atoms. The van der Waals surface area contributed by atoms with Gasteiger partial charge in [0.25, 0.3) is 5.91 Å². The number of fused-ring (bicyclic) bond motifs is 2. The number of amides is 1. The average Bonchev–Trinajstić information content (AvgIpc) is 3.31. The SMILES string of the molecule is O=C(c1scc2c1OCCO2)N1C[C@H]2C[C@@H](N3CCOCC3)[C@H](O)C[C@H]2C1. The van der Waals surface area contributed by atoms with Crippen LogP contribution in [0, 0.1) is 11.8 Å². The molecule has 4 aliphatic rings. The van der Waals surface area contributed by atoms with Gasteiger partial charge in [0, 0.05) is 37.6 Å². The number of rotatable bonds is 2. The third-order valence-corrected chi connectivity index (χ3v) is 7.33. The van der Waals surface area contributed by atoms with Gasteiger partial charge in [-0.25, -0.2) is 0 Å². The predicted octanol–water partition coefficient (Wildman–Crippen LogP) is 1.06. The van der Waals surface area contributed by atoms with Crippen LogP contribution >= 0.6 is 11.3 Å². The van der Waals surface area contributed by atoms with Gasteiger partial charge in [-0.2, -0.15) is 0 Å². The van der Waals surface area contributed by atoms with E-state index in [1.54, 1.807) is 0 Å². The van der Waals surface area contributed by atoms with Gasteiger partial charge in [-0.1, -0.05) is 0 Å². The topological polar surface area (TPSA) is 71.5 Å². The molecule has 4 heterocycles. The van der Waals surface area contributed by atoms with E-state index in [1.165, 1.54) is 11.3 Å². The molecule has 1 saturated carbocycles. The Hall–Kier alpha value is -1.35. The minimum Gasteiger partial charge on any atom is -0.485 e. The molecule has 1 aliphatic carbocycles. The monoisotopic (exact) mass is 394 g/mol. The van der Waals surface area contributed by atoms with Crippen LogP contribution in [0.3, 0.4) is 0 Å². The molecular weight excluding hydrogens is 368 g/mol. The first-order chi connectivity index (χ1) is 13.2. The summed E-state index contributed by atoms with van der Waals surface area (Å²) < 4.78 is 16.7. The van der Waals surface area contributed by atoms with Crippen molar-refractivity contribution in [2.75, 3.05) is 52.6 Å². The largest absolute Gasteiger partial charge is 0.485 e. The van der Waals surface area contributed by atoms with Crippen LogP contribution in [0.4, 0.5) is 0 Å². The van der Waals surface area contributed by atoms with Crippen LogP contribution in [0.25, 0.3) is 0 Å². The van der Waals surface area contributed by atoms with E-state index < -0.39 is 0 Å². The van der Waals surface area contributed by atoms with Gasteiger partial charge in [0.1, 0.15) is 18.1 Å². The first-order valence-electron chi connectivity index (χ1n) is 9.87. The Morgan fingerprint density at radius 3 is 2.63 bits per heavy atom. The summed E-state index contributed by atoms with van der Waals surface area (Å²) in [5.41, 5.74) is 0.